The van der Waals surface area contributed by atoms with Gasteiger partial charge in [0.05, 0.1) is 18.3 Å². The minimum atomic E-state index is -1.28. The van der Waals surface area contributed by atoms with Crippen LogP contribution >= 0.6 is 11.6 Å². The summed E-state index contributed by atoms with van der Waals surface area (Å²) in [6, 6.07) is 11.5. The molecule has 45 heavy (non-hydrogen) atoms. The number of rotatable bonds is 5. The fraction of sp³-hybridized carbons (Fsp3) is 0.486. The lowest BCUT2D eigenvalue weighted by Gasteiger charge is -2.66. The van der Waals surface area contributed by atoms with E-state index in [2.05, 4.69) is 25.8 Å². The van der Waals surface area contributed by atoms with Gasteiger partial charge in [0.1, 0.15) is 28.8 Å². The van der Waals surface area contributed by atoms with Crippen molar-refractivity contribution in [3.63, 3.8) is 0 Å². The fourth-order valence-corrected chi connectivity index (χ4v) is 8.61. The summed E-state index contributed by atoms with van der Waals surface area (Å²) in [5, 5.41) is 12.7. The van der Waals surface area contributed by atoms with Crippen LogP contribution in [0.25, 0.3) is 11.3 Å². The van der Waals surface area contributed by atoms with Crippen molar-refractivity contribution in [2.75, 3.05) is 6.61 Å². The molecule has 9 nitrogen and oxygen atoms in total. The van der Waals surface area contributed by atoms with Crippen molar-refractivity contribution in [2.45, 2.75) is 71.7 Å². The number of benzene rings is 1. The Bertz CT molecular complexity index is 1680. The largest absolute Gasteiger partial charge is 0.482 e. The van der Waals surface area contributed by atoms with Crippen LogP contribution in [0.3, 0.4) is 0 Å². The van der Waals surface area contributed by atoms with Gasteiger partial charge < -0.3 is 23.7 Å². The van der Waals surface area contributed by atoms with Crippen molar-refractivity contribution in [3.8, 4) is 17.1 Å². The molecule has 0 saturated heterocycles. The molecule has 0 bridgehead atoms. The van der Waals surface area contributed by atoms with E-state index in [0.717, 1.165) is 12.8 Å². The molecule has 3 aromatic rings. The van der Waals surface area contributed by atoms with Crippen molar-refractivity contribution in [3.05, 3.63) is 81.4 Å². The maximum atomic E-state index is 13.6. The lowest BCUT2D eigenvalue weighted by molar-refractivity contribution is -0.257. The van der Waals surface area contributed by atoms with Gasteiger partial charge in [0.15, 0.2) is 0 Å². The third-order valence-corrected chi connectivity index (χ3v) is 11.3. The number of carbonyl (C=O) groups excluding carboxylic acids is 2. The van der Waals surface area contributed by atoms with Gasteiger partial charge >= 0.3 is 17.6 Å². The number of pyridine rings is 1. The number of aliphatic hydroxyl groups excluding tert-OH is 1. The van der Waals surface area contributed by atoms with Gasteiger partial charge in [-0.05, 0) is 79.8 Å². The summed E-state index contributed by atoms with van der Waals surface area (Å²) < 4.78 is 24.4. The number of aliphatic hydroxyl groups is 1. The van der Waals surface area contributed by atoms with E-state index in [1.165, 1.54) is 6.92 Å². The number of ether oxygens (including phenoxy) is 3. The minimum Gasteiger partial charge on any atom is -0.482 e. The number of esters is 2. The second-order valence-electron chi connectivity index (χ2n) is 13.5. The summed E-state index contributed by atoms with van der Waals surface area (Å²) in [7, 11) is 0. The highest BCUT2D eigenvalue weighted by molar-refractivity contribution is 6.30. The van der Waals surface area contributed by atoms with E-state index in [0.29, 0.717) is 22.6 Å². The first-order valence-electron chi connectivity index (χ1n) is 15.3. The smallest absolute Gasteiger partial charge is 0.345 e. The SMILES string of the molecule is CC(=O)OC[C@]1(C)C2C[C@H](OC(=O)c3ccc(Cl)cc3)[C@@]3(C)Oc4cc(-c5cccnc5)oc(=O)c4C(O)C3[C@@]2(C)CC[C@@H]1C. The van der Waals surface area contributed by atoms with E-state index in [9.17, 15) is 19.5 Å². The summed E-state index contributed by atoms with van der Waals surface area (Å²) in [4.78, 5) is 43.3. The summed E-state index contributed by atoms with van der Waals surface area (Å²) in [5.41, 5.74) is -2.10. The van der Waals surface area contributed by atoms with Gasteiger partial charge in [0.25, 0.3) is 0 Å². The van der Waals surface area contributed by atoms with Crippen molar-refractivity contribution < 1.29 is 33.3 Å². The number of hydrogen-bond acceptors (Lipinski definition) is 9. The topological polar surface area (TPSA) is 125 Å². The molecule has 10 heteroatoms. The third kappa shape index (κ3) is 5.14. The van der Waals surface area contributed by atoms with Crippen molar-refractivity contribution in [1.29, 1.82) is 0 Å². The zero-order chi connectivity index (χ0) is 32.3. The number of hydrogen-bond donors (Lipinski definition) is 1. The molecule has 3 unspecified atom stereocenters. The van der Waals surface area contributed by atoms with Gasteiger partial charge in [-0.1, -0.05) is 32.4 Å². The first-order valence-corrected chi connectivity index (χ1v) is 15.7. The van der Waals surface area contributed by atoms with Crippen LogP contribution in [0.4, 0.5) is 0 Å². The van der Waals surface area contributed by atoms with Crippen LogP contribution in [-0.2, 0) is 14.3 Å². The second kappa shape index (κ2) is 11.3. The monoisotopic (exact) mass is 635 g/mol. The lowest BCUT2D eigenvalue weighted by Crippen LogP contribution is -2.70. The van der Waals surface area contributed by atoms with Crippen LogP contribution in [-0.4, -0.2) is 40.3 Å². The summed E-state index contributed by atoms with van der Waals surface area (Å²) >= 11 is 6.07. The van der Waals surface area contributed by atoms with E-state index < -0.39 is 46.2 Å². The Kier molecular flexibility index (Phi) is 7.85. The predicted molar refractivity (Wildman–Crippen MR) is 166 cm³/mol. The molecule has 0 spiro atoms. The molecule has 3 heterocycles. The van der Waals surface area contributed by atoms with Crippen molar-refractivity contribution in [2.24, 2.45) is 28.6 Å². The van der Waals surface area contributed by atoms with Crippen LogP contribution in [0.1, 0.15) is 75.9 Å². The molecular formula is C35H38ClNO8. The molecule has 1 aromatic carbocycles. The summed E-state index contributed by atoms with van der Waals surface area (Å²) in [6.07, 6.45) is 3.00. The van der Waals surface area contributed by atoms with Gasteiger partial charge in [0.2, 0.25) is 0 Å². The van der Waals surface area contributed by atoms with Crippen LogP contribution in [0.5, 0.6) is 5.75 Å². The first-order chi connectivity index (χ1) is 21.3. The molecule has 2 saturated carbocycles. The van der Waals surface area contributed by atoms with Crippen molar-refractivity contribution >= 4 is 23.5 Å². The van der Waals surface area contributed by atoms with Crippen molar-refractivity contribution in [1.82, 2.24) is 4.98 Å². The molecule has 1 N–H and O–H groups in total. The van der Waals surface area contributed by atoms with E-state index in [1.807, 2.05) is 6.92 Å². The molecule has 6 rings (SSSR count). The number of halogens is 1. The molecular weight excluding hydrogens is 598 g/mol. The number of carbonyl (C=O) groups is 2. The Balaban J connectivity index is 1.49. The minimum absolute atomic E-state index is 0.0371. The molecule has 0 radical (unpaired) electrons. The Morgan fingerprint density at radius 3 is 2.56 bits per heavy atom. The Morgan fingerprint density at radius 2 is 1.89 bits per heavy atom. The molecule has 2 fully saturated rings. The standard InChI is InChI=1S/C35H38ClNO8/c1-19-12-13-33(3)26(34(19,4)18-42-20(2)38)16-27(44-31(40)21-8-10-23(36)11-9-21)35(5)30(33)29(39)28-25(45-35)15-24(43-32(28)41)22-7-6-14-37-17-22/h6-11,14-15,17,19,26-27,29-30,39H,12-13,16,18H2,1-5H3/t19-,26?,27-,29?,30?,33-,34-,35+/m0/s1. The maximum Gasteiger partial charge on any atom is 0.345 e. The predicted octanol–water partition coefficient (Wildman–Crippen LogP) is 6.41. The van der Waals surface area contributed by atoms with Crippen LogP contribution < -0.4 is 10.4 Å². The Morgan fingerprint density at radius 1 is 1.16 bits per heavy atom. The number of aromatic nitrogens is 1. The van der Waals surface area contributed by atoms with E-state index in [4.69, 9.17) is 30.2 Å². The zero-order valence-corrected chi connectivity index (χ0v) is 26.8. The van der Waals surface area contributed by atoms with Crippen LogP contribution in [0.2, 0.25) is 5.02 Å². The molecule has 1 aliphatic heterocycles. The highest BCUT2D eigenvalue weighted by atomic mass is 35.5. The number of nitrogens with zero attached hydrogens (tertiary/aromatic N) is 1. The normalized spacial score (nSPS) is 33.5. The zero-order valence-electron chi connectivity index (χ0n) is 26.0. The summed E-state index contributed by atoms with van der Waals surface area (Å²) in [6.45, 7) is 9.77. The molecule has 3 aliphatic rings. The van der Waals surface area contributed by atoms with Gasteiger partial charge in [-0.15, -0.1) is 0 Å². The van der Waals surface area contributed by atoms with Gasteiger partial charge in [-0.3, -0.25) is 9.78 Å². The summed E-state index contributed by atoms with van der Waals surface area (Å²) in [5.74, 6) is -1.19. The highest BCUT2D eigenvalue weighted by Crippen LogP contribution is 2.68. The van der Waals surface area contributed by atoms with Gasteiger partial charge in [-0.2, -0.15) is 0 Å². The molecule has 2 aromatic heterocycles. The van der Waals surface area contributed by atoms with E-state index in [-0.39, 0.29) is 41.5 Å². The third-order valence-electron chi connectivity index (χ3n) is 11.0. The molecule has 238 valence electrons. The Labute approximate surface area is 266 Å². The highest BCUT2D eigenvalue weighted by Gasteiger charge is 2.70. The van der Waals surface area contributed by atoms with Crippen LogP contribution in [0, 0.1) is 28.6 Å². The van der Waals surface area contributed by atoms with Crippen LogP contribution in [0.15, 0.2) is 64.1 Å². The quantitative estimate of drug-likeness (QED) is 0.317. The molecule has 8 atom stereocenters. The average molecular weight is 636 g/mol. The number of fused-ring (bicyclic) bond motifs is 4. The molecule has 2 aliphatic carbocycles. The lowest BCUT2D eigenvalue weighted by atomic mass is 9.41. The Hall–Kier alpha value is -3.69. The molecule has 0 amide bonds. The average Bonchev–Trinajstić information content (AvgIpc) is 2.99. The second-order valence-corrected chi connectivity index (χ2v) is 14.0. The van der Waals surface area contributed by atoms with Gasteiger partial charge in [-0.25, -0.2) is 9.59 Å². The maximum absolute atomic E-state index is 13.6. The fourth-order valence-electron chi connectivity index (χ4n) is 8.48. The first kappa shape index (κ1) is 31.3. The van der Waals surface area contributed by atoms with Gasteiger partial charge in [0, 0.05) is 47.3 Å². The van der Waals surface area contributed by atoms with E-state index in [1.54, 1.807) is 54.9 Å². The van der Waals surface area contributed by atoms with E-state index >= 15 is 0 Å².